The number of allylic oxidation sites excluding steroid dienone is 1. The second-order valence-electron chi connectivity index (χ2n) is 17.8. The number of benzene rings is 10. The highest BCUT2D eigenvalue weighted by molar-refractivity contribution is 7.26. The molecule has 0 saturated carbocycles. The third-order valence-electron chi connectivity index (χ3n) is 13.6. The van der Waals surface area contributed by atoms with E-state index in [0.717, 1.165) is 39.8 Å². The lowest BCUT2D eigenvalue weighted by Crippen LogP contribution is -2.16. The van der Waals surface area contributed by atoms with Gasteiger partial charge in [0.25, 0.3) is 0 Å². The van der Waals surface area contributed by atoms with Crippen LogP contribution in [0, 0.1) is 6.92 Å². The fraction of sp³-hybridized carbons (Fsp3) is 0.0154. The smallest absolute Gasteiger partial charge is 0.0661 e. The van der Waals surface area contributed by atoms with Crippen molar-refractivity contribution >= 4 is 120 Å². The zero-order valence-electron chi connectivity index (χ0n) is 38.5. The first kappa shape index (κ1) is 41.7. The molecule has 13 rings (SSSR count). The Kier molecular flexibility index (Phi) is 10.3. The molecule has 0 fully saturated rings. The van der Waals surface area contributed by atoms with Crippen molar-refractivity contribution < 1.29 is 0 Å². The Bertz CT molecular complexity index is 4160. The standard InChI is InChI=1S/C65H45N3S2/c1-43(30-35-54-44(2)69-63-29-17-15-27-56(54)63)66(49-20-6-3-7-21-49)62-42-53(67(50-22-8-4-9-23-50)52-34-31-45-18-12-13-19-46(45)38-52)41-59-58-40-48(33-37-64(58)70-65(59)62)47-32-36-61-57(39-47)55-26-14-16-28-60(55)68(61)51-24-10-5-11-25-51/h3-42H,1H2,2H3/b35-30-. The molecule has 0 aliphatic rings. The van der Waals surface area contributed by atoms with Gasteiger partial charge in [0.15, 0.2) is 0 Å². The summed E-state index contributed by atoms with van der Waals surface area (Å²) in [5, 5.41) is 8.55. The van der Waals surface area contributed by atoms with Gasteiger partial charge in [0, 0.05) is 70.0 Å². The molecule has 0 unspecified atom stereocenters. The predicted molar refractivity (Wildman–Crippen MR) is 305 cm³/mol. The van der Waals surface area contributed by atoms with Crippen molar-refractivity contribution in [2.75, 3.05) is 9.80 Å². The summed E-state index contributed by atoms with van der Waals surface area (Å²) in [4.78, 5) is 6.04. The average molecular weight is 932 g/mol. The third-order valence-corrected chi connectivity index (χ3v) is 15.9. The number of thiophene rings is 2. The Hall–Kier alpha value is -8.48. The molecule has 0 atom stereocenters. The van der Waals surface area contributed by atoms with Gasteiger partial charge in [0.2, 0.25) is 0 Å². The van der Waals surface area contributed by atoms with E-state index in [2.05, 4.69) is 264 Å². The normalized spacial score (nSPS) is 11.8. The summed E-state index contributed by atoms with van der Waals surface area (Å²) in [6, 6.07) is 83.8. The van der Waals surface area contributed by atoms with Gasteiger partial charge in [-0.2, -0.15) is 0 Å². The van der Waals surface area contributed by atoms with Crippen LogP contribution in [0.25, 0.3) is 85.7 Å². The van der Waals surface area contributed by atoms with Crippen molar-refractivity contribution in [3.05, 3.63) is 259 Å². The van der Waals surface area contributed by atoms with Crippen LogP contribution < -0.4 is 9.80 Å². The molecule has 0 radical (unpaired) electrons. The van der Waals surface area contributed by atoms with Crippen LogP contribution in [-0.2, 0) is 0 Å². The molecule has 0 amide bonds. The molecule has 0 aliphatic carbocycles. The zero-order valence-corrected chi connectivity index (χ0v) is 40.1. The topological polar surface area (TPSA) is 11.4 Å². The molecular weight excluding hydrogens is 887 g/mol. The second-order valence-corrected chi connectivity index (χ2v) is 20.1. The molecule has 0 aliphatic heterocycles. The van der Waals surface area contributed by atoms with Crippen molar-refractivity contribution in [2.45, 2.75) is 6.92 Å². The Morgan fingerprint density at radius 2 is 1.09 bits per heavy atom. The number of hydrogen-bond acceptors (Lipinski definition) is 4. The second kappa shape index (κ2) is 17.2. The largest absolute Gasteiger partial charge is 0.310 e. The van der Waals surface area contributed by atoms with Gasteiger partial charge in [-0.3, -0.25) is 0 Å². The van der Waals surface area contributed by atoms with E-state index in [0.29, 0.717) is 0 Å². The molecule has 10 aromatic carbocycles. The highest BCUT2D eigenvalue weighted by atomic mass is 32.1. The van der Waals surface area contributed by atoms with Gasteiger partial charge in [-0.1, -0.05) is 146 Å². The molecule has 13 aromatic rings. The Morgan fingerprint density at radius 3 is 1.89 bits per heavy atom. The maximum Gasteiger partial charge on any atom is 0.0661 e. The number of para-hydroxylation sites is 4. The number of aryl methyl sites for hydroxylation is 1. The van der Waals surface area contributed by atoms with Crippen molar-refractivity contribution in [3.63, 3.8) is 0 Å². The SMILES string of the molecule is C=C(/C=C\c1c(C)sc2ccccc12)N(c1ccccc1)c1cc(N(c2ccccc2)c2ccc3ccccc3c2)cc2c1sc1ccc(-c3ccc4c(c3)c3ccccc3n4-c3ccccc3)cc12. The number of nitrogens with zero attached hydrogens (tertiary/aromatic N) is 3. The van der Waals surface area contributed by atoms with Crippen LogP contribution in [0.4, 0.5) is 28.4 Å². The lowest BCUT2D eigenvalue weighted by molar-refractivity contribution is 1.18. The highest BCUT2D eigenvalue weighted by Gasteiger charge is 2.24. The zero-order chi connectivity index (χ0) is 46.7. The van der Waals surface area contributed by atoms with Gasteiger partial charge in [0.1, 0.15) is 0 Å². The molecule has 0 spiro atoms. The van der Waals surface area contributed by atoms with Gasteiger partial charge >= 0.3 is 0 Å². The highest BCUT2D eigenvalue weighted by Crippen LogP contribution is 2.49. The van der Waals surface area contributed by atoms with Crippen LogP contribution in [0.1, 0.15) is 10.4 Å². The van der Waals surface area contributed by atoms with Gasteiger partial charge in [-0.15, -0.1) is 22.7 Å². The minimum atomic E-state index is 0.873. The van der Waals surface area contributed by atoms with Crippen molar-refractivity contribution in [3.8, 4) is 16.8 Å². The van der Waals surface area contributed by atoms with Gasteiger partial charge in [0.05, 0.1) is 21.4 Å². The molecule has 5 heteroatoms. The van der Waals surface area contributed by atoms with Gasteiger partial charge in [-0.05, 0) is 143 Å². The maximum absolute atomic E-state index is 4.86. The molecule has 0 saturated heterocycles. The maximum atomic E-state index is 4.86. The number of aromatic nitrogens is 1. The molecule has 3 aromatic heterocycles. The number of hydrogen-bond donors (Lipinski definition) is 0. The first-order chi connectivity index (χ1) is 34.5. The summed E-state index contributed by atoms with van der Waals surface area (Å²) in [6.07, 6.45) is 4.45. The van der Waals surface area contributed by atoms with Crippen LogP contribution >= 0.6 is 22.7 Å². The van der Waals surface area contributed by atoms with E-state index in [1.807, 2.05) is 22.7 Å². The fourth-order valence-corrected chi connectivity index (χ4v) is 12.6. The lowest BCUT2D eigenvalue weighted by atomic mass is 10.00. The summed E-state index contributed by atoms with van der Waals surface area (Å²) >= 11 is 3.68. The average Bonchev–Trinajstić information content (AvgIpc) is 4.07. The van der Waals surface area contributed by atoms with Crippen molar-refractivity contribution in [1.82, 2.24) is 4.57 Å². The Labute approximate surface area is 415 Å². The number of rotatable bonds is 10. The van der Waals surface area contributed by atoms with E-state index >= 15 is 0 Å². The summed E-state index contributed by atoms with van der Waals surface area (Å²) in [5.41, 5.74) is 13.4. The van der Waals surface area contributed by atoms with Gasteiger partial charge in [-0.25, -0.2) is 0 Å². The first-order valence-corrected chi connectivity index (χ1v) is 25.3. The van der Waals surface area contributed by atoms with E-state index < -0.39 is 0 Å². The van der Waals surface area contributed by atoms with Gasteiger partial charge < -0.3 is 14.4 Å². The summed E-state index contributed by atoms with van der Waals surface area (Å²) in [6.45, 7) is 7.07. The Morgan fingerprint density at radius 1 is 0.457 bits per heavy atom. The molecule has 3 heterocycles. The summed E-state index contributed by atoms with van der Waals surface area (Å²) in [5.74, 6) is 0. The molecule has 70 heavy (non-hydrogen) atoms. The summed E-state index contributed by atoms with van der Waals surface area (Å²) < 4.78 is 6.09. The molecular formula is C65H45N3S2. The van der Waals surface area contributed by atoms with Crippen molar-refractivity contribution in [2.24, 2.45) is 0 Å². The number of anilines is 5. The third kappa shape index (κ3) is 7.18. The van der Waals surface area contributed by atoms with E-state index in [1.54, 1.807) is 0 Å². The minimum absolute atomic E-state index is 0.873. The molecule has 0 bridgehead atoms. The monoisotopic (exact) mass is 931 g/mol. The minimum Gasteiger partial charge on any atom is -0.310 e. The van der Waals surface area contributed by atoms with Crippen LogP contribution in [0.2, 0.25) is 0 Å². The van der Waals surface area contributed by atoms with Crippen LogP contribution in [-0.4, -0.2) is 4.57 Å². The van der Waals surface area contributed by atoms with Crippen LogP contribution in [0.15, 0.2) is 249 Å². The summed E-state index contributed by atoms with van der Waals surface area (Å²) in [7, 11) is 0. The lowest BCUT2D eigenvalue weighted by Gasteiger charge is -2.30. The predicted octanol–water partition coefficient (Wildman–Crippen LogP) is 19.3. The van der Waals surface area contributed by atoms with Crippen LogP contribution in [0.5, 0.6) is 0 Å². The number of fused-ring (bicyclic) bond motifs is 8. The quantitative estimate of drug-likeness (QED) is 0.127. The Balaban J connectivity index is 1.04. The van der Waals surface area contributed by atoms with Crippen LogP contribution in [0.3, 0.4) is 0 Å². The molecule has 0 N–H and O–H groups in total. The van der Waals surface area contributed by atoms with E-state index in [4.69, 9.17) is 6.58 Å². The molecule has 332 valence electrons. The van der Waals surface area contributed by atoms with E-state index in [1.165, 1.54) is 84.4 Å². The van der Waals surface area contributed by atoms with E-state index in [9.17, 15) is 0 Å². The van der Waals surface area contributed by atoms with Crippen molar-refractivity contribution in [1.29, 1.82) is 0 Å². The fourth-order valence-electron chi connectivity index (χ4n) is 10.4. The molecule has 3 nitrogen and oxygen atoms in total. The van der Waals surface area contributed by atoms with E-state index in [-0.39, 0.29) is 0 Å². The first-order valence-electron chi connectivity index (χ1n) is 23.7.